The van der Waals surface area contributed by atoms with E-state index in [9.17, 15) is 5.11 Å². The van der Waals surface area contributed by atoms with E-state index >= 15 is 0 Å². The third-order valence-electron chi connectivity index (χ3n) is 1.56. The first-order chi connectivity index (χ1) is 6.26. The molecule has 1 aromatic rings. The molecule has 0 fully saturated rings. The minimum Gasteiger partial charge on any atom is -0.392 e. The molecule has 0 radical (unpaired) electrons. The van der Waals surface area contributed by atoms with Gasteiger partial charge in [-0.25, -0.2) is 0 Å². The summed E-state index contributed by atoms with van der Waals surface area (Å²) in [5.74, 6) is 1.01. The van der Waals surface area contributed by atoms with E-state index < -0.39 is 6.10 Å². The van der Waals surface area contributed by atoms with Gasteiger partial charge in [0.1, 0.15) is 0 Å². The number of nitriles is 1. The normalized spacial score (nSPS) is 12.4. The average molecular weight is 181 g/mol. The van der Waals surface area contributed by atoms with Crippen LogP contribution >= 0.6 is 0 Å². The Labute approximate surface area is 76.0 Å². The Morgan fingerprint density at radius 1 is 1.69 bits per heavy atom. The SMILES string of the molecule is CCc1noc(CC(O)CC#N)n1. The van der Waals surface area contributed by atoms with Crippen molar-refractivity contribution in [3.8, 4) is 6.07 Å². The van der Waals surface area contributed by atoms with Crippen molar-refractivity contribution in [2.75, 3.05) is 0 Å². The molecule has 5 heteroatoms. The maximum Gasteiger partial charge on any atom is 0.229 e. The smallest absolute Gasteiger partial charge is 0.229 e. The number of rotatable bonds is 4. The largest absolute Gasteiger partial charge is 0.392 e. The average Bonchev–Trinajstić information content (AvgIpc) is 2.52. The molecule has 0 spiro atoms. The summed E-state index contributed by atoms with van der Waals surface area (Å²) < 4.78 is 4.84. The Morgan fingerprint density at radius 2 is 2.46 bits per heavy atom. The van der Waals surface area contributed by atoms with E-state index in [0.29, 0.717) is 18.1 Å². The number of aromatic nitrogens is 2. The van der Waals surface area contributed by atoms with Crippen LogP contribution < -0.4 is 0 Å². The van der Waals surface area contributed by atoms with Crippen LogP contribution in [-0.4, -0.2) is 21.4 Å². The minimum absolute atomic E-state index is 0.0871. The summed E-state index contributed by atoms with van der Waals surface area (Å²) in [6.45, 7) is 1.92. The summed E-state index contributed by atoms with van der Waals surface area (Å²) >= 11 is 0. The van der Waals surface area contributed by atoms with Crippen molar-refractivity contribution in [2.45, 2.75) is 32.3 Å². The molecule has 1 unspecified atom stereocenters. The molecule has 0 saturated heterocycles. The lowest BCUT2D eigenvalue weighted by Crippen LogP contribution is -2.09. The number of hydrogen-bond donors (Lipinski definition) is 1. The third-order valence-corrected chi connectivity index (χ3v) is 1.56. The summed E-state index contributed by atoms with van der Waals surface area (Å²) in [6, 6.07) is 1.87. The van der Waals surface area contributed by atoms with Crippen LogP contribution in [0.4, 0.5) is 0 Å². The second kappa shape index (κ2) is 4.58. The number of aliphatic hydroxyl groups excluding tert-OH is 1. The topological polar surface area (TPSA) is 82.9 Å². The Balaban J connectivity index is 2.49. The van der Waals surface area contributed by atoms with Crippen LogP contribution in [0.3, 0.4) is 0 Å². The molecule has 1 atom stereocenters. The second-order valence-electron chi connectivity index (χ2n) is 2.68. The standard InChI is InChI=1S/C8H11N3O2/c1-2-7-10-8(13-11-7)5-6(12)3-4-9/h6,12H,2-3,5H2,1H3. The highest BCUT2D eigenvalue weighted by atomic mass is 16.5. The molecule has 1 aromatic heterocycles. The Hall–Kier alpha value is -1.41. The highest BCUT2D eigenvalue weighted by Gasteiger charge is 2.10. The van der Waals surface area contributed by atoms with Crippen molar-refractivity contribution in [2.24, 2.45) is 0 Å². The summed E-state index contributed by atoms with van der Waals surface area (Å²) in [6.07, 6.45) is 0.331. The van der Waals surface area contributed by atoms with Gasteiger partial charge in [0.15, 0.2) is 5.82 Å². The Morgan fingerprint density at radius 3 is 3.00 bits per heavy atom. The van der Waals surface area contributed by atoms with E-state index in [4.69, 9.17) is 9.78 Å². The fourth-order valence-corrected chi connectivity index (χ4v) is 0.896. The molecule has 70 valence electrons. The van der Waals surface area contributed by atoms with E-state index in [1.54, 1.807) is 0 Å². The van der Waals surface area contributed by atoms with Crippen molar-refractivity contribution in [3.05, 3.63) is 11.7 Å². The third kappa shape index (κ3) is 2.84. The van der Waals surface area contributed by atoms with E-state index in [1.165, 1.54) is 0 Å². The van der Waals surface area contributed by atoms with Crippen molar-refractivity contribution in [1.29, 1.82) is 5.26 Å². The fraction of sp³-hybridized carbons (Fsp3) is 0.625. The van der Waals surface area contributed by atoms with E-state index in [-0.39, 0.29) is 12.8 Å². The lowest BCUT2D eigenvalue weighted by molar-refractivity contribution is 0.167. The van der Waals surface area contributed by atoms with Crippen LogP contribution in [0, 0.1) is 11.3 Å². The van der Waals surface area contributed by atoms with Gasteiger partial charge in [0.25, 0.3) is 0 Å². The summed E-state index contributed by atoms with van der Waals surface area (Å²) in [4.78, 5) is 4.00. The first-order valence-electron chi connectivity index (χ1n) is 4.12. The van der Waals surface area contributed by atoms with Gasteiger partial charge in [-0.05, 0) is 0 Å². The Kier molecular flexibility index (Phi) is 3.41. The quantitative estimate of drug-likeness (QED) is 0.729. The first kappa shape index (κ1) is 9.68. The fourth-order valence-electron chi connectivity index (χ4n) is 0.896. The molecule has 5 nitrogen and oxygen atoms in total. The molecule has 0 amide bonds. The molecule has 0 aliphatic rings. The Bertz CT molecular complexity index is 303. The van der Waals surface area contributed by atoms with Crippen LogP contribution in [0.25, 0.3) is 0 Å². The molecule has 1 N–H and O–H groups in total. The van der Waals surface area contributed by atoms with Crippen molar-refractivity contribution in [1.82, 2.24) is 10.1 Å². The van der Waals surface area contributed by atoms with Crippen molar-refractivity contribution in [3.63, 3.8) is 0 Å². The monoisotopic (exact) mass is 181 g/mol. The van der Waals surface area contributed by atoms with Crippen LogP contribution in [0.2, 0.25) is 0 Å². The highest BCUT2D eigenvalue weighted by Crippen LogP contribution is 2.03. The number of hydrogen-bond acceptors (Lipinski definition) is 5. The predicted octanol–water partition coefficient (Wildman–Crippen LogP) is 0.449. The molecule has 1 rings (SSSR count). The molecular formula is C8H11N3O2. The van der Waals surface area contributed by atoms with Gasteiger partial charge in [-0.15, -0.1) is 0 Å². The van der Waals surface area contributed by atoms with Gasteiger partial charge in [0.2, 0.25) is 5.89 Å². The van der Waals surface area contributed by atoms with Gasteiger partial charge < -0.3 is 9.63 Å². The molecule has 0 aromatic carbocycles. The van der Waals surface area contributed by atoms with Crippen molar-refractivity contribution < 1.29 is 9.63 Å². The predicted molar refractivity (Wildman–Crippen MR) is 43.6 cm³/mol. The maximum atomic E-state index is 9.23. The molecule has 0 aliphatic heterocycles. The summed E-state index contributed by atoms with van der Waals surface area (Å²) in [7, 11) is 0. The van der Waals surface area contributed by atoms with Gasteiger partial charge in [-0.3, -0.25) is 0 Å². The lowest BCUT2D eigenvalue weighted by Gasteiger charge is -1.99. The zero-order valence-electron chi connectivity index (χ0n) is 7.40. The van der Waals surface area contributed by atoms with Crippen LogP contribution in [0.1, 0.15) is 25.1 Å². The second-order valence-corrected chi connectivity index (χ2v) is 2.68. The van der Waals surface area contributed by atoms with Gasteiger partial charge in [-0.2, -0.15) is 10.2 Å². The number of aliphatic hydroxyl groups is 1. The number of nitrogens with zero attached hydrogens (tertiary/aromatic N) is 3. The van der Waals surface area contributed by atoms with Crippen LogP contribution in [0.15, 0.2) is 4.52 Å². The van der Waals surface area contributed by atoms with E-state index in [1.807, 2.05) is 13.0 Å². The van der Waals surface area contributed by atoms with Crippen LogP contribution in [-0.2, 0) is 12.8 Å². The lowest BCUT2D eigenvalue weighted by atomic mass is 10.2. The van der Waals surface area contributed by atoms with Gasteiger partial charge >= 0.3 is 0 Å². The van der Waals surface area contributed by atoms with E-state index in [0.717, 1.165) is 0 Å². The summed E-state index contributed by atoms with van der Waals surface area (Å²) in [5.41, 5.74) is 0. The maximum absolute atomic E-state index is 9.23. The van der Waals surface area contributed by atoms with Gasteiger partial charge in [-0.1, -0.05) is 12.1 Å². The van der Waals surface area contributed by atoms with Crippen molar-refractivity contribution >= 4 is 0 Å². The highest BCUT2D eigenvalue weighted by molar-refractivity contribution is 4.89. The first-order valence-corrected chi connectivity index (χ1v) is 4.12. The van der Waals surface area contributed by atoms with Gasteiger partial charge in [0.05, 0.1) is 25.0 Å². The molecule has 0 aliphatic carbocycles. The molecular weight excluding hydrogens is 170 g/mol. The molecule has 0 saturated carbocycles. The number of aryl methyl sites for hydroxylation is 1. The van der Waals surface area contributed by atoms with Crippen LogP contribution in [0.5, 0.6) is 0 Å². The molecule has 1 heterocycles. The van der Waals surface area contributed by atoms with E-state index in [2.05, 4.69) is 10.1 Å². The summed E-state index contributed by atoms with van der Waals surface area (Å²) in [5, 5.41) is 21.2. The zero-order valence-corrected chi connectivity index (χ0v) is 7.40. The minimum atomic E-state index is -0.713. The molecule has 0 bridgehead atoms. The zero-order chi connectivity index (χ0) is 9.68. The molecule has 13 heavy (non-hydrogen) atoms. The van der Waals surface area contributed by atoms with Gasteiger partial charge in [0, 0.05) is 6.42 Å².